The van der Waals surface area contributed by atoms with Crippen LogP contribution < -0.4 is 9.64 Å². The molecule has 7 nitrogen and oxygen atoms in total. The van der Waals surface area contributed by atoms with Crippen molar-refractivity contribution in [1.82, 2.24) is 25.3 Å². The van der Waals surface area contributed by atoms with E-state index in [-0.39, 0.29) is 6.10 Å². The number of ether oxygens (including phenoxy) is 1. The van der Waals surface area contributed by atoms with E-state index in [1.165, 1.54) is 4.63 Å². The third-order valence-corrected chi connectivity index (χ3v) is 4.46. The highest BCUT2D eigenvalue weighted by Crippen LogP contribution is 2.28. The summed E-state index contributed by atoms with van der Waals surface area (Å²) in [6.07, 6.45) is 0.967. The maximum Gasteiger partial charge on any atom is 0.200 e. The van der Waals surface area contributed by atoms with Gasteiger partial charge >= 0.3 is 0 Å². The van der Waals surface area contributed by atoms with Gasteiger partial charge in [0.15, 0.2) is 11.5 Å². The van der Waals surface area contributed by atoms with Crippen LogP contribution >= 0.6 is 23.2 Å². The molecule has 0 unspecified atom stereocenters. The number of halogens is 2. The molecule has 0 aliphatic carbocycles. The number of hydrogen-bond donors (Lipinski definition) is 0. The molecule has 0 bridgehead atoms. The maximum absolute atomic E-state index is 6.01. The highest BCUT2D eigenvalue weighted by atomic mass is 35.5. The molecule has 23 heavy (non-hydrogen) atoms. The molecule has 0 saturated carbocycles. The second-order valence-corrected chi connectivity index (χ2v) is 6.08. The van der Waals surface area contributed by atoms with Crippen LogP contribution in [0.3, 0.4) is 0 Å². The second kappa shape index (κ2) is 5.82. The number of hydrogen-bond acceptors (Lipinski definition) is 6. The van der Waals surface area contributed by atoms with Gasteiger partial charge in [0.2, 0.25) is 0 Å². The number of rotatable bonds is 3. The quantitative estimate of drug-likeness (QED) is 0.722. The first-order chi connectivity index (χ1) is 11.2. The zero-order valence-electron chi connectivity index (χ0n) is 11.9. The van der Waals surface area contributed by atoms with Crippen LogP contribution in [0.4, 0.5) is 5.82 Å². The lowest BCUT2D eigenvalue weighted by molar-refractivity contribution is 0.225. The Morgan fingerprint density at radius 2 is 2.04 bits per heavy atom. The predicted octanol–water partition coefficient (Wildman–Crippen LogP) is 2.48. The smallest absolute Gasteiger partial charge is 0.200 e. The predicted molar refractivity (Wildman–Crippen MR) is 86.3 cm³/mol. The van der Waals surface area contributed by atoms with E-state index in [9.17, 15) is 0 Å². The molecule has 1 saturated heterocycles. The average molecular weight is 351 g/mol. The summed E-state index contributed by atoms with van der Waals surface area (Å²) in [5.74, 6) is 1.54. The number of anilines is 1. The summed E-state index contributed by atoms with van der Waals surface area (Å²) in [5, 5.41) is 16.7. The Hall–Kier alpha value is -2.12. The Bertz CT molecular complexity index is 854. The Kier molecular flexibility index (Phi) is 3.66. The second-order valence-electron chi connectivity index (χ2n) is 5.27. The molecule has 1 aliphatic heterocycles. The van der Waals surface area contributed by atoms with Gasteiger partial charge in [0.1, 0.15) is 11.9 Å². The van der Waals surface area contributed by atoms with Crippen LogP contribution in [-0.4, -0.2) is 44.4 Å². The van der Waals surface area contributed by atoms with Crippen molar-refractivity contribution in [3.63, 3.8) is 0 Å². The van der Waals surface area contributed by atoms with Crippen LogP contribution in [0.5, 0.6) is 5.75 Å². The molecule has 2 aromatic heterocycles. The molecule has 1 fully saturated rings. The van der Waals surface area contributed by atoms with Crippen molar-refractivity contribution in [3.8, 4) is 5.75 Å². The van der Waals surface area contributed by atoms with Crippen LogP contribution in [0.15, 0.2) is 30.3 Å². The minimum atomic E-state index is 0.0682. The summed E-state index contributed by atoms with van der Waals surface area (Å²) < 4.78 is 7.39. The van der Waals surface area contributed by atoms with Gasteiger partial charge in [-0.2, -0.15) is 0 Å². The van der Waals surface area contributed by atoms with E-state index >= 15 is 0 Å². The van der Waals surface area contributed by atoms with E-state index in [0.717, 1.165) is 31.1 Å². The van der Waals surface area contributed by atoms with E-state index < -0.39 is 0 Å². The fraction of sp³-hybridized carbons (Fsp3) is 0.286. The van der Waals surface area contributed by atoms with E-state index in [1.807, 2.05) is 18.2 Å². The first-order valence-electron chi connectivity index (χ1n) is 7.11. The first kappa shape index (κ1) is 14.5. The highest BCUT2D eigenvalue weighted by molar-refractivity contribution is 6.42. The Morgan fingerprint density at radius 1 is 1.13 bits per heavy atom. The molecule has 0 spiro atoms. The Balaban J connectivity index is 1.46. The fourth-order valence-corrected chi connectivity index (χ4v) is 2.87. The van der Waals surface area contributed by atoms with Gasteiger partial charge < -0.3 is 9.64 Å². The normalized spacial score (nSPS) is 17.8. The number of benzene rings is 1. The van der Waals surface area contributed by atoms with E-state index in [2.05, 4.69) is 25.5 Å². The van der Waals surface area contributed by atoms with Crippen molar-refractivity contribution < 1.29 is 4.74 Å². The van der Waals surface area contributed by atoms with Crippen LogP contribution in [0.2, 0.25) is 10.0 Å². The summed E-state index contributed by atoms with van der Waals surface area (Å²) in [6.45, 7) is 1.59. The van der Waals surface area contributed by atoms with Gasteiger partial charge in [0.05, 0.1) is 16.6 Å². The molecule has 1 aromatic carbocycles. The van der Waals surface area contributed by atoms with Crippen LogP contribution in [-0.2, 0) is 0 Å². The van der Waals surface area contributed by atoms with Crippen molar-refractivity contribution in [3.05, 3.63) is 40.4 Å². The maximum atomic E-state index is 6.01. The molecule has 118 valence electrons. The highest BCUT2D eigenvalue weighted by Gasteiger charge is 2.25. The van der Waals surface area contributed by atoms with E-state index in [4.69, 9.17) is 27.9 Å². The van der Waals surface area contributed by atoms with Crippen molar-refractivity contribution in [1.29, 1.82) is 0 Å². The Labute approximate surface area is 141 Å². The molecule has 0 radical (unpaired) electrons. The van der Waals surface area contributed by atoms with Gasteiger partial charge in [-0.1, -0.05) is 23.2 Å². The van der Waals surface area contributed by atoms with Crippen LogP contribution in [0, 0.1) is 0 Å². The zero-order chi connectivity index (χ0) is 15.8. The minimum absolute atomic E-state index is 0.0682. The molecule has 1 atom stereocenters. The van der Waals surface area contributed by atoms with Crippen molar-refractivity contribution >= 4 is 34.7 Å². The number of fused-ring (bicyclic) bond motifs is 1. The lowest BCUT2D eigenvalue weighted by Gasteiger charge is -2.17. The van der Waals surface area contributed by atoms with E-state index in [0.29, 0.717) is 15.7 Å². The molecule has 9 heteroatoms. The monoisotopic (exact) mass is 350 g/mol. The average Bonchev–Trinajstić information content (AvgIpc) is 3.19. The van der Waals surface area contributed by atoms with Gasteiger partial charge in [-0.05, 0) is 34.7 Å². The minimum Gasteiger partial charge on any atom is -0.488 e. The zero-order valence-corrected chi connectivity index (χ0v) is 13.4. The number of nitrogens with zero attached hydrogens (tertiary/aromatic N) is 6. The molecule has 0 amide bonds. The molecular formula is C14H12Cl2N6O. The molecule has 3 aromatic rings. The number of tetrazole rings is 1. The molecular weight excluding hydrogens is 339 g/mol. The summed E-state index contributed by atoms with van der Waals surface area (Å²) in [5.41, 5.74) is 0.622. The molecule has 4 rings (SSSR count). The lowest BCUT2D eigenvalue weighted by atomic mass is 10.3. The van der Waals surface area contributed by atoms with Gasteiger partial charge in [0.25, 0.3) is 0 Å². The van der Waals surface area contributed by atoms with Gasteiger partial charge in [-0.25, -0.2) is 0 Å². The molecule has 0 N–H and O–H groups in total. The standard InChI is InChI=1S/C14H12Cl2N6O/c15-11-2-1-9(7-12(11)16)23-10-5-6-21(8-10)14-4-3-13-17-19-20-22(13)18-14/h1-4,7,10H,5-6,8H2/t10-/m1/s1. The van der Waals surface area contributed by atoms with Crippen molar-refractivity contribution in [2.24, 2.45) is 0 Å². The topological polar surface area (TPSA) is 68.4 Å². The summed E-state index contributed by atoms with van der Waals surface area (Å²) in [4.78, 5) is 2.14. The van der Waals surface area contributed by atoms with Gasteiger partial charge in [-0.3, -0.25) is 0 Å². The first-order valence-corrected chi connectivity index (χ1v) is 7.87. The van der Waals surface area contributed by atoms with Crippen LogP contribution in [0.1, 0.15) is 6.42 Å². The van der Waals surface area contributed by atoms with Crippen molar-refractivity contribution in [2.75, 3.05) is 18.0 Å². The third kappa shape index (κ3) is 2.89. The summed E-state index contributed by atoms with van der Waals surface area (Å²) in [6, 6.07) is 9.04. The SMILES string of the molecule is Clc1ccc(O[C@@H]2CCN(c3ccc4nnnn4n3)C2)cc1Cl. The largest absolute Gasteiger partial charge is 0.488 e. The van der Waals surface area contributed by atoms with Gasteiger partial charge in [-0.15, -0.1) is 14.8 Å². The fourth-order valence-electron chi connectivity index (χ4n) is 2.58. The van der Waals surface area contributed by atoms with E-state index in [1.54, 1.807) is 12.1 Å². The summed E-state index contributed by atoms with van der Waals surface area (Å²) in [7, 11) is 0. The van der Waals surface area contributed by atoms with Crippen LogP contribution in [0.25, 0.3) is 5.65 Å². The summed E-state index contributed by atoms with van der Waals surface area (Å²) >= 11 is 11.9. The Morgan fingerprint density at radius 3 is 2.91 bits per heavy atom. The molecule has 1 aliphatic rings. The molecule has 3 heterocycles. The van der Waals surface area contributed by atoms with Crippen molar-refractivity contribution in [2.45, 2.75) is 12.5 Å². The number of aromatic nitrogens is 5. The van der Waals surface area contributed by atoms with Gasteiger partial charge in [0, 0.05) is 19.0 Å². The lowest BCUT2D eigenvalue weighted by Crippen LogP contribution is -2.25. The third-order valence-electron chi connectivity index (χ3n) is 3.72.